The smallest absolute Gasteiger partial charge is 0.355 e. The molecule has 8 heteroatoms. The first-order valence-electron chi connectivity index (χ1n) is 8.13. The normalized spacial score (nSPS) is 11.2. The molecular weight excluding hydrogens is 477 g/mol. The van der Waals surface area contributed by atoms with Gasteiger partial charge in [-0.2, -0.15) is 4.40 Å². The zero-order valence-electron chi connectivity index (χ0n) is 14.0. The van der Waals surface area contributed by atoms with E-state index in [2.05, 4.69) is 4.98 Å². The van der Waals surface area contributed by atoms with Crippen LogP contribution in [0.5, 0.6) is 5.88 Å². The van der Waals surface area contributed by atoms with E-state index in [1.54, 1.807) is 57.8 Å². The fourth-order valence-corrected chi connectivity index (χ4v) is 4.44. The topological polar surface area (TPSA) is 81.5 Å². The largest absolute Gasteiger partial charge is 0.841 e. The Morgan fingerprint density at radius 1 is 1.22 bits per heavy atom. The predicted molar refractivity (Wildman–Crippen MR) is 109 cm³/mol. The lowest BCUT2D eigenvalue weighted by Gasteiger charge is -2.13. The Hall–Kier alpha value is -2.30. The van der Waals surface area contributed by atoms with Crippen molar-refractivity contribution in [2.75, 3.05) is 0 Å². The molecule has 0 radical (unpaired) electrons. The van der Waals surface area contributed by atoms with E-state index in [1.807, 2.05) is 24.3 Å². The molecule has 0 unspecified atom stereocenters. The quantitative estimate of drug-likeness (QED) is 0.350. The van der Waals surface area contributed by atoms with E-state index in [9.17, 15) is 15.0 Å². The second-order valence-corrected chi connectivity index (χ2v) is 8.08. The summed E-state index contributed by atoms with van der Waals surface area (Å²) in [7, 11) is 0. The molecule has 4 rings (SSSR count). The molecule has 3 heterocycles. The van der Waals surface area contributed by atoms with E-state index in [4.69, 9.17) is 0 Å². The number of aromatic nitrogens is 3. The second-order valence-electron chi connectivity index (χ2n) is 5.89. The van der Waals surface area contributed by atoms with Gasteiger partial charge in [0.2, 0.25) is 0 Å². The van der Waals surface area contributed by atoms with Crippen LogP contribution in [-0.2, 0) is 13.2 Å². The average Bonchev–Trinajstić information content (AvgIpc) is 3.18. The van der Waals surface area contributed by atoms with Gasteiger partial charge in [0.05, 0.1) is 23.6 Å². The van der Waals surface area contributed by atoms with Gasteiger partial charge < -0.3 is 10.2 Å². The maximum Gasteiger partial charge on any atom is 0.355 e. The molecule has 0 aliphatic heterocycles. The van der Waals surface area contributed by atoms with E-state index in [0.717, 1.165) is 21.0 Å². The number of nitrogens with zero attached hydrogens (tertiary/aromatic N) is 3. The van der Waals surface area contributed by atoms with Crippen molar-refractivity contribution < 1.29 is 14.8 Å². The maximum atomic E-state index is 12.7. The van der Waals surface area contributed by atoms with Crippen molar-refractivity contribution in [1.82, 2.24) is 9.38 Å². The lowest BCUT2D eigenvalue weighted by atomic mass is 10.1. The van der Waals surface area contributed by atoms with Crippen molar-refractivity contribution in [2.45, 2.75) is 13.2 Å². The monoisotopic (exact) mass is 491 g/mol. The molecule has 27 heavy (non-hydrogen) atoms. The Bertz CT molecular complexity index is 1200. The molecule has 0 amide bonds. The fraction of sp³-hybridized carbons (Fsp3) is 0.105. The highest BCUT2D eigenvalue weighted by atomic mass is 127. The number of aliphatic hydroxyl groups excluding tert-OH is 1. The number of hydrogen-bond donors (Lipinski definition) is 1. The van der Waals surface area contributed by atoms with Crippen LogP contribution in [-0.4, -0.2) is 14.5 Å². The minimum absolute atomic E-state index is 0.0605. The van der Waals surface area contributed by atoms with Gasteiger partial charge in [-0.3, -0.25) is 0 Å². The van der Waals surface area contributed by atoms with Crippen molar-refractivity contribution in [3.63, 3.8) is 0 Å². The minimum atomic E-state index is -0.311. The Labute approximate surface area is 172 Å². The predicted octanol–water partition coefficient (Wildman–Crippen LogP) is 1.93. The molecule has 4 aromatic rings. The molecule has 0 spiro atoms. The number of hydrogen-bond acceptors (Lipinski definition) is 5. The molecule has 3 aromatic heterocycles. The van der Waals surface area contributed by atoms with Gasteiger partial charge in [0.15, 0.2) is 0 Å². The van der Waals surface area contributed by atoms with Crippen LogP contribution in [0.25, 0.3) is 16.2 Å². The van der Waals surface area contributed by atoms with E-state index >= 15 is 0 Å². The first-order valence-corrected chi connectivity index (χ1v) is 10.0. The summed E-state index contributed by atoms with van der Waals surface area (Å²) in [5.74, 6) is -0.308. The summed E-state index contributed by atoms with van der Waals surface area (Å²) in [6.07, 6.45) is 3.39. The van der Waals surface area contributed by atoms with Crippen LogP contribution >= 0.6 is 33.9 Å². The fourth-order valence-electron chi connectivity index (χ4n) is 2.93. The van der Waals surface area contributed by atoms with Crippen LogP contribution in [0.4, 0.5) is 0 Å². The van der Waals surface area contributed by atoms with Gasteiger partial charge in [0.25, 0.3) is 5.65 Å². The van der Waals surface area contributed by atoms with Crippen molar-refractivity contribution in [2.24, 2.45) is 0 Å². The van der Waals surface area contributed by atoms with E-state index in [-0.39, 0.29) is 21.6 Å². The number of pyridine rings is 1. The Morgan fingerprint density at radius 3 is 2.81 bits per heavy atom. The summed E-state index contributed by atoms with van der Waals surface area (Å²) < 4.78 is 3.22. The lowest BCUT2D eigenvalue weighted by Crippen LogP contribution is -2.44. The molecule has 0 bridgehead atoms. The van der Waals surface area contributed by atoms with Gasteiger partial charge in [-0.1, -0.05) is 30.3 Å². The molecule has 0 saturated heterocycles. The first kappa shape index (κ1) is 18.1. The number of benzene rings is 1. The first-order chi connectivity index (χ1) is 13.1. The molecule has 0 saturated carbocycles. The molecule has 0 fully saturated rings. The van der Waals surface area contributed by atoms with Crippen molar-refractivity contribution >= 4 is 39.6 Å². The standard InChI is InChI=1S/C19H14IN3O3S/c20-16-18(25)22-8-4-3-7-15(22)23(19(16)26)10-13-9-21-17(27-13)14-6-2-1-5-12(14)11-24/h1-9,24H,10-11H2. The van der Waals surface area contributed by atoms with Crippen LogP contribution in [0.15, 0.2) is 59.7 Å². The second kappa shape index (κ2) is 7.37. The van der Waals surface area contributed by atoms with Crippen LogP contribution < -0.4 is 15.2 Å². The van der Waals surface area contributed by atoms with Crippen LogP contribution in [0.1, 0.15) is 10.4 Å². The van der Waals surface area contributed by atoms with Crippen molar-refractivity contribution in [3.05, 3.63) is 79.2 Å². The lowest BCUT2D eigenvalue weighted by molar-refractivity contribution is -0.709. The van der Waals surface area contributed by atoms with Gasteiger partial charge in [0.1, 0.15) is 15.1 Å². The molecule has 0 aliphatic rings. The Kier molecular flexibility index (Phi) is 4.94. The Morgan fingerprint density at radius 2 is 2.00 bits per heavy atom. The van der Waals surface area contributed by atoms with E-state index in [1.165, 1.54) is 15.7 Å². The molecule has 0 atom stereocenters. The summed E-state index contributed by atoms with van der Waals surface area (Å²) >= 11 is 3.27. The number of fused-ring (bicyclic) bond motifs is 1. The molecule has 1 N–H and O–H groups in total. The maximum absolute atomic E-state index is 12.7. The highest BCUT2D eigenvalue weighted by molar-refractivity contribution is 14.1. The average molecular weight is 491 g/mol. The number of thiazole rings is 1. The summed E-state index contributed by atoms with van der Waals surface area (Å²) in [4.78, 5) is 17.7. The molecular formula is C19H14IN3O3S. The Balaban J connectivity index is 1.79. The molecule has 136 valence electrons. The van der Waals surface area contributed by atoms with Crippen molar-refractivity contribution in [3.8, 4) is 16.5 Å². The third kappa shape index (κ3) is 3.24. The van der Waals surface area contributed by atoms with E-state index in [0.29, 0.717) is 12.2 Å². The SMILES string of the molecule is O=c1c(I)c([O-])[n+](Cc2cnc(-c3ccccc3CO)s2)c2ccccn12. The van der Waals surface area contributed by atoms with E-state index < -0.39 is 0 Å². The third-order valence-corrected chi connectivity index (χ3v) is 6.18. The third-order valence-electron chi connectivity index (χ3n) is 4.24. The number of rotatable bonds is 4. The summed E-state index contributed by atoms with van der Waals surface area (Å²) in [5, 5.41) is 23.0. The zero-order chi connectivity index (χ0) is 19.0. The number of halogens is 1. The van der Waals surface area contributed by atoms with Gasteiger partial charge >= 0.3 is 5.56 Å². The van der Waals surface area contributed by atoms with Gasteiger partial charge in [-0.25, -0.2) is 14.3 Å². The highest BCUT2D eigenvalue weighted by Gasteiger charge is 2.18. The zero-order valence-corrected chi connectivity index (χ0v) is 17.0. The van der Waals surface area contributed by atoms with Gasteiger partial charge in [-0.05, 0) is 34.2 Å². The van der Waals surface area contributed by atoms with Gasteiger partial charge in [0, 0.05) is 17.8 Å². The van der Waals surface area contributed by atoms with Crippen LogP contribution in [0.3, 0.4) is 0 Å². The minimum Gasteiger partial charge on any atom is -0.841 e. The molecule has 1 aromatic carbocycles. The molecule has 0 aliphatic carbocycles. The summed E-state index contributed by atoms with van der Waals surface area (Å²) in [5.41, 5.74) is 1.92. The van der Waals surface area contributed by atoms with Crippen LogP contribution in [0.2, 0.25) is 0 Å². The molecule has 6 nitrogen and oxygen atoms in total. The van der Waals surface area contributed by atoms with Gasteiger partial charge in [-0.15, -0.1) is 11.3 Å². The number of aliphatic hydroxyl groups is 1. The summed E-state index contributed by atoms with van der Waals surface area (Å²) in [6, 6.07) is 12.9. The van der Waals surface area contributed by atoms with Crippen molar-refractivity contribution in [1.29, 1.82) is 0 Å². The highest BCUT2D eigenvalue weighted by Crippen LogP contribution is 2.28. The summed E-state index contributed by atoms with van der Waals surface area (Å²) in [6.45, 7) is 0.260. The van der Waals surface area contributed by atoms with Crippen LogP contribution in [0, 0.1) is 3.57 Å².